The van der Waals surface area contributed by atoms with Gasteiger partial charge in [-0.15, -0.1) is 0 Å². The highest BCUT2D eigenvalue weighted by Crippen LogP contribution is 2.17. The van der Waals surface area contributed by atoms with Gasteiger partial charge >= 0.3 is 0 Å². The van der Waals surface area contributed by atoms with E-state index in [0.29, 0.717) is 5.71 Å². The Morgan fingerprint density at radius 2 is 1.63 bits per heavy atom. The topological polar surface area (TPSA) is 46.5 Å². The molecule has 3 rings (SSSR count). The first-order valence-electron chi connectivity index (χ1n) is 8.35. The smallest absolute Gasteiger partial charge is 0.199 e. The average molecular weight is 440 g/mol. The quantitative estimate of drug-likeness (QED) is 0.482. The van der Waals surface area contributed by atoms with Crippen molar-refractivity contribution in [2.45, 2.75) is 11.8 Å². The van der Waals surface area contributed by atoms with Crippen LogP contribution in [0.2, 0.25) is 0 Å². The number of hydrogen-bond donors (Lipinski definition) is 0. The number of allylic oxidation sites excluding steroid dienone is 1. The minimum atomic E-state index is -3.81. The number of halogens is 1. The zero-order chi connectivity index (χ0) is 19.3. The minimum absolute atomic E-state index is 0.178. The molecule has 0 amide bonds. The van der Waals surface area contributed by atoms with Gasteiger partial charge in [0.25, 0.3) is 10.0 Å². The first-order valence-corrected chi connectivity index (χ1v) is 10.6. The molecule has 0 atom stereocenters. The SMILES string of the molecule is Cc1ccc(S(=O)(=O)/N=C(/C=C/c2cccc(Br)c2)c2ccccc2)cc1. The Labute approximate surface area is 168 Å². The van der Waals surface area contributed by atoms with E-state index in [1.165, 1.54) is 0 Å². The second-order valence-corrected chi connectivity index (χ2v) is 8.54. The Hall–Kier alpha value is -2.50. The molecule has 0 bridgehead atoms. The Balaban J connectivity index is 2.04. The van der Waals surface area contributed by atoms with Crippen LogP contribution in [0.3, 0.4) is 0 Å². The summed E-state index contributed by atoms with van der Waals surface area (Å²) in [7, 11) is -3.81. The lowest BCUT2D eigenvalue weighted by Gasteiger charge is -2.04. The summed E-state index contributed by atoms with van der Waals surface area (Å²) in [6, 6.07) is 23.7. The Kier molecular flexibility index (Phi) is 6.04. The van der Waals surface area contributed by atoms with Gasteiger partial charge in [0.2, 0.25) is 0 Å². The van der Waals surface area contributed by atoms with Crippen molar-refractivity contribution >= 4 is 37.7 Å². The van der Waals surface area contributed by atoms with E-state index in [9.17, 15) is 8.42 Å². The molecule has 0 N–H and O–H groups in total. The van der Waals surface area contributed by atoms with E-state index in [-0.39, 0.29) is 4.90 Å². The molecule has 0 saturated heterocycles. The summed E-state index contributed by atoms with van der Waals surface area (Å²) < 4.78 is 30.6. The van der Waals surface area contributed by atoms with Crippen molar-refractivity contribution in [2.75, 3.05) is 0 Å². The fourth-order valence-electron chi connectivity index (χ4n) is 2.47. The van der Waals surface area contributed by atoms with Crippen LogP contribution in [0.5, 0.6) is 0 Å². The predicted octanol–water partition coefficient (Wildman–Crippen LogP) is 5.65. The number of hydrogen-bond acceptors (Lipinski definition) is 2. The van der Waals surface area contributed by atoms with Crippen LogP contribution < -0.4 is 0 Å². The summed E-state index contributed by atoms with van der Waals surface area (Å²) >= 11 is 3.44. The van der Waals surface area contributed by atoms with Crippen LogP contribution in [0.1, 0.15) is 16.7 Å². The molecule has 0 fully saturated rings. The lowest BCUT2D eigenvalue weighted by atomic mass is 10.1. The molecular formula is C22H18BrNO2S. The molecule has 0 aliphatic carbocycles. The largest absolute Gasteiger partial charge is 0.282 e. The molecule has 27 heavy (non-hydrogen) atoms. The molecular weight excluding hydrogens is 422 g/mol. The molecule has 0 heterocycles. The summed E-state index contributed by atoms with van der Waals surface area (Å²) in [5, 5.41) is 0. The lowest BCUT2D eigenvalue weighted by Crippen LogP contribution is -2.04. The predicted molar refractivity (Wildman–Crippen MR) is 115 cm³/mol. The number of nitrogens with zero attached hydrogens (tertiary/aromatic N) is 1. The summed E-state index contributed by atoms with van der Waals surface area (Å²) in [6.45, 7) is 1.91. The van der Waals surface area contributed by atoms with Crippen molar-refractivity contribution in [2.24, 2.45) is 4.40 Å². The maximum Gasteiger partial charge on any atom is 0.282 e. The summed E-state index contributed by atoms with van der Waals surface area (Å²) in [5.74, 6) is 0. The third-order valence-electron chi connectivity index (χ3n) is 3.89. The number of benzene rings is 3. The highest BCUT2D eigenvalue weighted by Gasteiger charge is 2.14. The van der Waals surface area contributed by atoms with E-state index < -0.39 is 10.0 Å². The zero-order valence-corrected chi connectivity index (χ0v) is 17.1. The van der Waals surface area contributed by atoms with Gasteiger partial charge in [-0.3, -0.25) is 0 Å². The van der Waals surface area contributed by atoms with Crippen LogP contribution in [0.25, 0.3) is 6.08 Å². The Morgan fingerprint density at radius 3 is 2.30 bits per heavy atom. The van der Waals surface area contributed by atoms with Gasteiger partial charge in [-0.1, -0.05) is 82.2 Å². The molecule has 0 saturated carbocycles. The normalized spacial score (nSPS) is 12.4. The van der Waals surface area contributed by atoms with E-state index in [2.05, 4.69) is 20.3 Å². The molecule has 0 aromatic heterocycles. The van der Waals surface area contributed by atoms with E-state index in [0.717, 1.165) is 21.2 Å². The first-order chi connectivity index (χ1) is 12.9. The van der Waals surface area contributed by atoms with E-state index in [1.807, 2.05) is 67.6 Å². The second-order valence-electron chi connectivity index (χ2n) is 6.02. The van der Waals surface area contributed by atoms with Gasteiger partial charge in [0, 0.05) is 10.0 Å². The number of rotatable bonds is 5. The van der Waals surface area contributed by atoms with Crippen molar-refractivity contribution < 1.29 is 8.42 Å². The third kappa shape index (κ3) is 5.25. The molecule has 0 unspecified atom stereocenters. The average Bonchev–Trinajstić information content (AvgIpc) is 2.66. The monoisotopic (exact) mass is 439 g/mol. The lowest BCUT2D eigenvalue weighted by molar-refractivity contribution is 0.598. The molecule has 3 aromatic carbocycles. The van der Waals surface area contributed by atoms with Gasteiger partial charge in [-0.2, -0.15) is 12.8 Å². The van der Waals surface area contributed by atoms with Crippen molar-refractivity contribution in [1.82, 2.24) is 0 Å². The molecule has 5 heteroatoms. The van der Waals surface area contributed by atoms with E-state index in [4.69, 9.17) is 0 Å². The zero-order valence-electron chi connectivity index (χ0n) is 14.7. The Morgan fingerprint density at radius 1 is 0.926 bits per heavy atom. The van der Waals surface area contributed by atoms with Crippen LogP contribution in [0.15, 0.2) is 98.7 Å². The van der Waals surface area contributed by atoms with Gasteiger partial charge in [0.15, 0.2) is 0 Å². The van der Waals surface area contributed by atoms with Gasteiger partial charge in [-0.25, -0.2) is 0 Å². The molecule has 0 aliphatic heterocycles. The van der Waals surface area contributed by atoms with E-state index in [1.54, 1.807) is 30.3 Å². The summed E-state index contributed by atoms with van der Waals surface area (Å²) in [5.41, 5.74) is 3.06. The van der Waals surface area contributed by atoms with Crippen molar-refractivity contribution in [3.8, 4) is 0 Å². The molecule has 3 aromatic rings. The molecule has 136 valence electrons. The highest BCUT2D eigenvalue weighted by atomic mass is 79.9. The molecule has 0 aliphatic rings. The molecule has 0 radical (unpaired) electrons. The van der Waals surface area contributed by atoms with Crippen molar-refractivity contribution in [1.29, 1.82) is 0 Å². The first kappa shape index (κ1) is 19.3. The van der Waals surface area contributed by atoms with E-state index >= 15 is 0 Å². The van der Waals surface area contributed by atoms with Crippen LogP contribution in [-0.2, 0) is 10.0 Å². The number of aryl methyl sites for hydroxylation is 1. The summed E-state index contributed by atoms with van der Waals surface area (Å²) in [4.78, 5) is 0.178. The number of sulfonamides is 1. The van der Waals surface area contributed by atoms with Crippen LogP contribution in [0, 0.1) is 6.92 Å². The van der Waals surface area contributed by atoms with Crippen molar-refractivity contribution in [3.05, 3.63) is 106 Å². The van der Waals surface area contributed by atoms with Crippen LogP contribution >= 0.6 is 15.9 Å². The van der Waals surface area contributed by atoms with Gasteiger partial charge < -0.3 is 0 Å². The minimum Gasteiger partial charge on any atom is -0.199 e. The highest BCUT2D eigenvalue weighted by molar-refractivity contribution is 9.10. The van der Waals surface area contributed by atoms with Gasteiger partial charge in [0.1, 0.15) is 0 Å². The third-order valence-corrected chi connectivity index (χ3v) is 5.69. The summed E-state index contributed by atoms with van der Waals surface area (Å²) in [6.07, 6.45) is 3.57. The molecule has 3 nitrogen and oxygen atoms in total. The maximum atomic E-state index is 12.8. The standard InChI is InChI=1S/C22H18BrNO2S/c1-17-10-13-21(14-11-17)27(25,26)24-22(19-7-3-2-4-8-19)15-12-18-6-5-9-20(23)16-18/h2-16H,1H3/b15-12+,24-22-. The van der Waals surface area contributed by atoms with Crippen LogP contribution in [-0.4, -0.2) is 14.1 Å². The van der Waals surface area contributed by atoms with Crippen LogP contribution in [0.4, 0.5) is 0 Å². The Bertz CT molecular complexity index is 1090. The fraction of sp³-hybridized carbons (Fsp3) is 0.0455. The fourth-order valence-corrected chi connectivity index (χ4v) is 3.89. The van der Waals surface area contributed by atoms with Crippen molar-refractivity contribution in [3.63, 3.8) is 0 Å². The van der Waals surface area contributed by atoms with Gasteiger partial charge in [0.05, 0.1) is 10.6 Å². The van der Waals surface area contributed by atoms with Gasteiger partial charge in [-0.05, 0) is 42.8 Å². The molecule has 0 spiro atoms. The second kappa shape index (κ2) is 8.46. The maximum absolute atomic E-state index is 12.8.